The number of carbonyl (C=O) groups excluding carboxylic acids is 1. The van der Waals surface area contributed by atoms with Crippen molar-refractivity contribution in [3.05, 3.63) is 60.1 Å². The molecule has 0 fully saturated rings. The molecule has 0 spiro atoms. The number of furan rings is 1. The zero-order valence-corrected chi connectivity index (χ0v) is 10.9. The van der Waals surface area contributed by atoms with Crippen LogP contribution in [-0.2, 0) is 11.2 Å². The zero-order chi connectivity index (χ0) is 13.7. The predicted octanol–water partition coefficient (Wildman–Crippen LogP) is 2.03. The van der Waals surface area contributed by atoms with Gasteiger partial charge in [-0.15, -0.1) is 0 Å². The maximum Gasteiger partial charge on any atom is 0.237 e. The van der Waals surface area contributed by atoms with Gasteiger partial charge in [-0.2, -0.15) is 0 Å². The smallest absolute Gasteiger partial charge is 0.237 e. The highest BCUT2D eigenvalue weighted by molar-refractivity contribution is 5.82. The van der Waals surface area contributed by atoms with Crippen LogP contribution in [0.2, 0.25) is 0 Å². The minimum Gasteiger partial charge on any atom is -0.467 e. The van der Waals surface area contributed by atoms with Crippen molar-refractivity contribution in [1.82, 2.24) is 5.32 Å². The highest BCUT2D eigenvalue weighted by Crippen LogP contribution is 2.12. The van der Waals surface area contributed by atoms with Gasteiger partial charge in [-0.3, -0.25) is 4.79 Å². The van der Waals surface area contributed by atoms with E-state index >= 15 is 0 Å². The highest BCUT2D eigenvalue weighted by atomic mass is 16.3. The lowest BCUT2D eigenvalue weighted by Gasteiger charge is -2.16. The summed E-state index contributed by atoms with van der Waals surface area (Å²) < 4.78 is 5.24. The van der Waals surface area contributed by atoms with Gasteiger partial charge in [-0.1, -0.05) is 30.3 Å². The molecule has 4 heteroatoms. The minimum atomic E-state index is -0.556. The Morgan fingerprint density at radius 1 is 1.26 bits per heavy atom. The molecule has 100 valence electrons. The molecule has 0 saturated carbocycles. The van der Waals surface area contributed by atoms with Gasteiger partial charge in [0.15, 0.2) is 0 Å². The first kappa shape index (κ1) is 13.4. The van der Waals surface area contributed by atoms with Crippen LogP contribution < -0.4 is 11.1 Å². The fourth-order valence-corrected chi connectivity index (χ4v) is 1.89. The van der Waals surface area contributed by atoms with Gasteiger partial charge in [0.1, 0.15) is 5.76 Å². The Kier molecular flexibility index (Phi) is 4.36. The number of hydrogen-bond acceptors (Lipinski definition) is 3. The van der Waals surface area contributed by atoms with Gasteiger partial charge >= 0.3 is 0 Å². The van der Waals surface area contributed by atoms with Crippen LogP contribution in [0.5, 0.6) is 0 Å². The molecule has 1 heterocycles. The summed E-state index contributed by atoms with van der Waals surface area (Å²) >= 11 is 0. The standard InChI is InChI=1S/C15H18N2O2/c1-11(14-8-5-9-19-14)17-15(18)13(16)10-12-6-3-2-4-7-12/h2-9,11,13H,10,16H2,1H3,(H,17,18)/t11-,13-/m1/s1. The maximum atomic E-state index is 12.0. The molecular formula is C15H18N2O2. The van der Waals surface area contributed by atoms with Crippen molar-refractivity contribution in [2.75, 3.05) is 0 Å². The van der Waals surface area contributed by atoms with Crippen LogP contribution in [0, 0.1) is 0 Å². The number of nitrogens with one attached hydrogen (secondary N) is 1. The maximum absolute atomic E-state index is 12.0. The second-order valence-corrected chi connectivity index (χ2v) is 4.54. The van der Waals surface area contributed by atoms with E-state index in [0.29, 0.717) is 6.42 Å². The number of amides is 1. The highest BCUT2D eigenvalue weighted by Gasteiger charge is 2.18. The molecule has 3 N–H and O–H groups in total. The van der Waals surface area contributed by atoms with Gasteiger partial charge in [0, 0.05) is 0 Å². The number of hydrogen-bond donors (Lipinski definition) is 2. The van der Waals surface area contributed by atoms with Gasteiger partial charge in [-0.05, 0) is 31.0 Å². The van der Waals surface area contributed by atoms with Gasteiger partial charge in [0.05, 0.1) is 18.3 Å². The van der Waals surface area contributed by atoms with Crippen molar-refractivity contribution < 1.29 is 9.21 Å². The molecule has 0 saturated heterocycles. The number of benzene rings is 1. The molecule has 1 amide bonds. The first-order chi connectivity index (χ1) is 9.16. The van der Waals surface area contributed by atoms with E-state index in [-0.39, 0.29) is 11.9 Å². The number of nitrogens with two attached hydrogens (primary N) is 1. The molecule has 1 aromatic carbocycles. The first-order valence-corrected chi connectivity index (χ1v) is 6.30. The van der Waals surface area contributed by atoms with Gasteiger partial charge in [0.2, 0.25) is 5.91 Å². The van der Waals surface area contributed by atoms with E-state index in [0.717, 1.165) is 11.3 Å². The van der Waals surface area contributed by atoms with Crippen LogP contribution in [0.4, 0.5) is 0 Å². The fourth-order valence-electron chi connectivity index (χ4n) is 1.89. The average molecular weight is 258 g/mol. The summed E-state index contributed by atoms with van der Waals surface area (Å²) in [5.41, 5.74) is 6.96. The molecule has 2 atom stereocenters. The second-order valence-electron chi connectivity index (χ2n) is 4.54. The Morgan fingerprint density at radius 3 is 2.63 bits per heavy atom. The van der Waals surface area contributed by atoms with Gasteiger partial charge in [0.25, 0.3) is 0 Å². The van der Waals surface area contributed by atoms with Gasteiger partial charge in [-0.25, -0.2) is 0 Å². The molecule has 0 radical (unpaired) electrons. The van der Waals surface area contributed by atoms with Crippen molar-refractivity contribution in [3.8, 4) is 0 Å². The van der Waals surface area contributed by atoms with Crippen LogP contribution in [0.25, 0.3) is 0 Å². The molecule has 2 rings (SSSR count). The van der Waals surface area contributed by atoms with E-state index in [1.807, 2.05) is 43.3 Å². The van der Waals surface area contributed by atoms with Crippen molar-refractivity contribution in [1.29, 1.82) is 0 Å². The molecule has 19 heavy (non-hydrogen) atoms. The number of carbonyl (C=O) groups is 1. The van der Waals surface area contributed by atoms with Crippen molar-refractivity contribution in [3.63, 3.8) is 0 Å². The molecule has 0 aliphatic carbocycles. The molecule has 0 bridgehead atoms. The first-order valence-electron chi connectivity index (χ1n) is 6.30. The van der Waals surface area contributed by atoms with Crippen molar-refractivity contribution in [2.45, 2.75) is 25.4 Å². The summed E-state index contributed by atoms with van der Waals surface area (Å²) in [5.74, 6) is 0.549. The average Bonchev–Trinajstić information content (AvgIpc) is 2.93. The van der Waals surface area contributed by atoms with Crippen LogP contribution in [0.15, 0.2) is 53.1 Å². The molecule has 2 aromatic rings. The lowest BCUT2D eigenvalue weighted by Crippen LogP contribution is -2.42. The van der Waals surface area contributed by atoms with E-state index in [1.165, 1.54) is 0 Å². The molecule has 4 nitrogen and oxygen atoms in total. The summed E-state index contributed by atoms with van der Waals surface area (Å²) in [6.45, 7) is 1.87. The lowest BCUT2D eigenvalue weighted by atomic mass is 10.1. The third-order valence-corrected chi connectivity index (χ3v) is 2.96. The van der Waals surface area contributed by atoms with E-state index in [1.54, 1.807) is 12.3 Å². The molecule has 0 aliphatic rings. The lowest BCUT2D eigenvalue weighted by molar-refractivity contribution is -0.123. The normalized spacial score (nSPS) is 13.8. The second kappa shape index (κ2) is 6.20. The van der Waals surface area contributed by atoms with Crippen LogP contribution in [0.1, 0.15) is 24.3 Å². The Balaban J connectivity index is 1.89. The van der Waals surface area contributed by atoms with Crippen molar-refractivity contribution in [2.24, 2.45) is 5.73 Å². The number of rotatable bonds is 5. The van der Waals surface area contributed by atoms with Crippen molar-refractivity contribution >= 4 is 5.91 Å². The summed E-state index contributed by atoms with van der Waals surface area (Å²) in [5, 5.41) is 2.84. The van der Waals surface area contributed by atoms with E-state index in [4.69, 9.17) is 10.2 Å². The third-order valence-electron chi connectivity index (χ3n) is 2.96. The van der Waals surface area contributed by atoms with Crippen LogP contribution in [-0.4, -0.2) is 11.9 Å². The van der Waals surface area contributed by atoms with E-state index in [2.05, 4.69) is 5.32 Å². The SMILES string of the molecule is C[C@@H](NC(=O)[C@H](N)Cc1ccccc1)c1ccco1. The largest absolute Gasteiger partial charge is 0.467 e. The van der Waals surface area contributed by atoms with E-state index < -0.39 is 6.04 Å². The topological polar surface area (TPSA) is 68.3 Å². The van der Waals surface area contributed by atoms with E-state index in [9.17, 15) is 4.79 Å². The molecule has 1 aromatic heterocycles. The van der Waals surface area contributed by atoms with Crippen LogP contribution in [0.3, 0.4) is 0 Å². The Morgan fingerprint density at radius 2 is 2.00 bits per heavy atom. The zero-order valence-electron chi connectivity index (χ0n) is 10.9. The Hall–Kier alpha value is -2.07. The minimum absolute atomic E-state index is 0.173. The Bertz CT molecular complexity index is 508. The fraction of sp³-hybridized carbons (Fsp3) is 0.267. The van der Waals surface area contributed by atoms with Gasteiger partial charge < -0.3 is 15.5 Å². The summed E-state index contributed by atoms with van der Waals surface area (Å²) in [6.07, 6.45) is 2.11. The van der Waals surface area contributed by atoms with Crippen LogP contribution >= 0.6 is 0 Å². The molecule has 0 aliphatic heterocycles. The third kappa shape index (κ3) is 3.69. The molecular weight excluding hydrogens is 240 g/mol. The summed E-state index contributed by atoms with van der Waals surface area (Å²) in [7, 11) is 0. The summed E-state index contributed by atoms with van der Waals surface area (Å²) in [4.78, 5) is 12.0. The Labute approximate surface area is 112 Å². The predicted molar refractivity (Wildman–Crippen MR) is 73.4 cm³/mol. The quantitative estimate of drug-likeness (QED) is 0.862. The summed E-state index contributed by atoms with van der Waals surface area (Å²) in [6, 6.07) is 12.6. The monoisotopic (exact) mass is 258 g/mol. The molecule has 0 unspecified atom stereocenters.